The van der Waals surface area contributed by atoms with E-state index in [1.165, 1.54) is 0 Å². The first-order chi connectivity index (χ1) is 6.49. The van der Waals surface area contributed by atoms with Gasteiger partial charge in [-0.3, -0.25) is 4.57 Å². The molecule has 1 atom stereocenters. The van der Waals surface area contributed by atoms with Crippen molar-refractivity contribution < 1.29 is 13.3 Å². The van der Waals surface area contributed by atoms with E-state index in [1.807, 2.05) is 0 Å². The largest absolute Gasteiger partial charge is 0.364 e. The fourth-order valence-electron chi connectivity index (χ4n) is 3.09. The van der Waals surface area contributed by atoms with Crippen molar-refractivity contribution in [2.24, 2.45) is 10.8 Å². The molecule has 0 aromatic rings. The summed E-state index contributed by atoms with van der Waals surface area (Å²) in [5.41, 5.74) is 0.281. The predicted molar refractivity (Wildman–Crippen MR) is 60.9 cm³/mol. The molecule has 90 valence electrons. The van der Waals surface area contributed by atoms with Crippen molar-refractivity contribution in [3.05, 3.63) is 0 Å². The maximum absolute atomic E-state index is 13.0. The van der Waals surface area contributed by atoms with Crippen molar-refractivity contribution in [3.8, 4) is 0 Å². The summed E-state index contributed by atoms with van der Waals surface area (Å²) >= 11 is 0. The Hall–Kier alpha value is 0.120. The number of halogens is 1. The number of hydrogen-bond donors (Lipinski definition) is 0. The van der Waals surface area contributed by atoms with Crippen LogP contribution < -0.4 is 0 Å². The van der Waals surface area contributed by atoms with E-state index in [0.717, 1.165) is 25.9 Å². The molecule has 1 rings (SSSR count). The van der Waals surface area contributed by atoms with Gasteiger partial charge in [-0.15, -0.1) is 0 Å². The fourth-order valence-corrected chi connectivity index (χ4v) is 3.77. The molecule has 1 aliphatic rings. The topological polar surface area (TPSA) is 26.3 Å². The van der Waals surface area contributed by atoms with Gasteiger partial charge in [0.25, 0.3) is 0 Å². The van der Waals surface area contributed by atoms with Crippen LogP contribution in [-0.2, 0) is 9.09 Å². The second-order valence-corrected chi connectivity index (χ2v) is 8.09. The zero-order valence-corrected chi connectivity index (χ0v) is 11.2. The van der Waals surface area contributed by atoms with Gasteiger partial charge < -0.3 is 4.52 Å². The minimum atomic E-state index is -3.85. The lowest BCUT2D eigenvalue weighted by Crippen LogP contribution is -2.37. The highest BCUT2D eigenvalue weighted by atomic mass is 31.2. The van der Waals surface area contributed by atoms with Gasteiger partial charge in [0, 0.05) is 6.66 Å². The lowest BCUT2D eigenvalue weighted by molar-refractivity contribution is 0.0120. The standard InChI is InChI=1S/C11H22FO2P/c1-10(2)6-9(14-15(5,12)13)7-11(3,4)8-10/h9H,6-8H2,1-5H3. The van der Waals surface area contributed by atoms with Crippen LogP contribution in [0.1, 0.15) is 47.0 Å². The summed E-state index contributed by atoms with van der Waals surface area (Å²) in [6.07, 6.45) is 2.47. The van der Waals surface area contributed by atoms with E-state index in [1.54, 1.807) is 0 Å². The third-order valence-corrected chi connectivity index (χ3v) is 3.53. The molecule has 1 fully saturated rings. The van der Waals surface area contributed by atoms with Gasteiger partial charge in [0.05, 0.1) is 6.10 Å². The van der Waals surface area contributed by atoms with Gasteiger partial charge in [-0.25, -0.2) is 0 Å². The summed E-state index contributed by atoms with van der Waals surface area (Å²) in [5, 5.41) is 0. The Balaban J connectivity index is 2.72. The summed E-state index contributed by atoms with van der Waals surface area (Å²) in [6, 6.07) is 0. The molecule has 0 amide bonds. The Kier molecular flexibility index (Phi) is 3.39. The third kappa shape index (κ3) is 4.65. The minimum Gasteiger partial charge on any atom is -0.302 e. The van der Waals surface area contributed by atoms with Gasteiger partial charge in [0.15, 0.2) is 0 Å². The van der Waals surface area contributed by atoms with Crippen molar-refractivity contribution in [1.82, 2.24) is 0 Å². The monoisotopic (exact) mass is 236 g/mol. The third-order valence-electron chi connectivity index (χ3n) is 2.85. The van der Waals surface area contributed by atoms with Crippen LogP contribution in [0.15, 0.2) is 0 Å². The molecule has 4 heteroatoms. The van der Waals surface area contributed by atoms with E-state index in [-0.39, 0.29) is 16.9 Å². The van der Waals surface area contributed by atoms with E-state index in [4.69, 9.17) is 4.52 Å². The van der Waals surface area contributed by atoms with Crippen LogP contribution in [0.5, 0.6) is 0 Å². The highest BCUT2D eigenvalue weighted by Crippen LogP contribution is 2.53. The van der Waals surface area contributed by atoms with E-state index < -0.39 is 7.68 Å². The summed E-state index contributed by atoms with van der Waals surface area (Å²) in [7, 11) is -3.85. The molecule has 0 N–H and O–H groups in total. The summed E-state index contributed by atoms with van der Waals surface area (Å²) in [6.45, 7) is 9.67. The molecule has 15 heavy (non-hydrogen) atoms. The zero-order chi connectivity index (χ0) is 11.9. The van der Waals surface area contributed by atoms with Crippen molar-refractivity contribution in [3.63, 3.8) is 0 Å². The molecular weight excluding hydrogens is 214 g/mol. The van der Waals surface area contributed by atoms with Gasteiger partial charge in [0.2, 0.25) is 0 Å². The molecule has 0 aliphatic heterocycles. The minimum absolute atomic E-state index is 0.140. The van der Waals surface area contributed by atoms with Crippen LogP contribution >= 0.6 is 7.68 Å². The lowest BCUT2D eigenvalue weighted by Gasteiger charge is -2.44. The molecule has 0 heterocycles. The van der Waals surface area contributed by atoms with Crippen LogP contribution in [0.2, 0.25) is 0 Å². The average Bonchev–Trinajstić information content (AvgIpc) is 1.70. The highest BCUT2D eigenvalue weighted by molar-refractivity contribution is 7.52. The SMILES string of the molecule is CC1(C)CC(OP(C)(=O)F)CC(C)(C)C1. The molecule has 0 radical (unpaired) electrons. The van der Waals surface area contributed by atoms with Crippen molar-refractivity contribution in [2.45, 2.75) is 53.1 Å². The predicted octanol–water partition coefficient (Wildman–Crippen LogP) is 4.40. The summed E-state index contributed by atoms with van der Waals surface area (Å²) in [5.74, 6) is 0. The zero-order valence-electron chi connectivity index (χ0n) is 10.3. The van der Waals surface area contributed by atoms with Gasteiger partial charge in [-0.2, -0.15) is 4.20 Å². The second-order valence-electron chi connectivity index (χ2n) is 6.39. The van der Waals surface area contributed by atoms with E-state index >= 15 is 0 Å². The lowest BCUT2D eigenvalue weighted by atomic mass is 9.64. The first-order valence-corrected chi connectivity index (χ1v) is 7.41. The van der Waals surface area contributed by atoms with Crippen molar-refractivity contribution in [2.75, 3.05) is 6.66 Å². The smallest absolute Gasteiger partial charge is 0.302 e. The number of hydrogen-bond acceptors (Lipinski definition) is 2. The van der Waals surface area contributed by atoms with Gasteiger partial charge >= 0.3 is 7.68 Å². The van der Waals surface area contributed by atoms with Crippen LogP contribution in [0.3, 0.4) is 0 Å². The second kappa shape index (κ2) is 3.85. The molecule has 0 bridgehead atoms. The first kappa shape index (κ1) is 13.2. The molecule has 0 aromatic carbocycles. The Morgan fingerprint density at radius 1 is 1.20 bits per heavy atom. The maximum Gasteiger partial charge on any atom is 0.364 e. The van der Waals surface area contributed by atoms with Crippen LogP contribution in [0, 0.1) is 10.8 Å². The molecule has 1 unspecified atom stereocenters. The number of rotatable bonds is 2. The molecule has 0 aromatic heterocycles. The van der Waals surface area contributed by atoms with Crippen LogP contribution in [0.25, 0.3) is 0 Å². The summed E-state index contributed by atoms with van der Waals surface area (Å²) in [4.78, 5) is 0. The average molecular weight is 236 g/mol. The Morgan fingerprint density at radius 2 is 1.60 bits per heavy atom. The first-order valence-electron chi connectivity index (χ1n) is 5.45. The van der Waals surface area contributed by atoms with E-state index in [2.05, 4.69) is 27.7 Å². The molecule has 1 saturated carbocycles. The molecular formula is C11H22FO2P. The molecule has 1 aliphatic carbocycles. The molecule has 0 saturated heterocycles. The quantitative estimate of drug-likeness (QED) is 0.664. The molecule has 0 spiro atoms. The Morgan fingerprint density at radius 3 is 1.93 bits per heavy atom. The Labute approximate surface area is 92.2 Å². The van der Waals surface area contributed by atoms with Crippen molar-refractivity contribution in [1.29, 1.82) is 0 Å². The van der Waals surface area contributed by atoms with Gasteiger partial charge in [-0.1, -0.05) is 27.7 Å². The van der Waals surface area contributed by atoms with Crippen LogP contribution in [0.4, 0.5) is 4.20 Å². The van der Waals surface area contributed by atoms with Crippen molar-refractivity contribution >= 4 is 7.68 Å². The van der Waals surface area contributed by atoms with Gasteiger partial charge in [0.1, 0.15) is 0 Å². The fraction of sp³-hybridized carbons (Fsp3) is 1.00. The summed E-state index contributed by atoms with van der Waals surface area (Å²) < 4.78 is 29.1. The van der Waals surface area contributed by atoms with E-state index in [0.29, 0.717) is 0 Å². The van der Waals surface area contributed by atoms with Gasteiger partial charge in [-0.05, 0) is 30.1 Å². The maximum atomic E-state index is 13.0. The van der Waals surface area contributed by atoms with Crippen LogP contribution in [-0.4, -0.2) is 12.8 Å². The van der Waals surface area contributed by atoms with E-state index in [9.17, 15) is 8.76 Å². The normalized spacial score (nSPS) is 29.7. The Bertz CT molecular complexity index is 264. The molecule has 2 nitrogen and oxygen atoms in total. The highest BCUT2D eigenvalue weighted by Gasteiger charge is 2.40.